The van der Waals surface area contributed by atoms with Crippen LogP contribution in [0.2, 0.25) is 0 Å². The van der Waals surface area contributed by atoms with Crippen molar-refractivity contribution >= 4 is 17.3 Å². The molecule has 3 rings (SSSR count). The smallest absolute Gasteiger partial charge is 0.191 e. The summed E-state index contributed by atoms with van der Waals surface area (Å²) in [6, 6.07) is 12.8. The third kappa shape index (κ3) is 4.77. The van der Waals surface area contributed by atoms with Crippen LogP contribution in [0.5, 0.6) is 5.75 Å². The van der Waals surface area contributed by atoms with Crippen molar-refractivity contribution in [3.63, 3.8) is 0 Å². The van der Waals surface area contributed by atoms with Gasteiger partial charge in [-0.2, -0.15) is 0 Å². The van der Waals surface area contributed by atoms with Crippen molar-refractivity contribution < 1.29 is 4.74 Å². The zero-order chi connectivity index (χ0) is 18.4. The first-order chi connectivity index (χ1) is 12.7. The van der Waals surface area contributed by atoms with E-state index in [1.165, 1.54) is 10.4 Å². The van der Waals surface area contributed by atoms with E-state index in [1.807, 2.05) is 12.1 Å². The molecule has 1 aromatic heterocycles. The number of hydrogen-bond donors (Lipinski definition) is 2. The van der Waals surface area contributed by atoms with Crippen molar-refractivity contribution in [2.24, 2.45) is 4.99 Å². The van der Waals surface area contributed by atoms with Crippen molar-refractivity contribution in [2.45, 2.75) is 25.5 Å². The van der Waals surface area contributed by atoms with E-state index in [9.17, 15) is 0 Å². The maximum atomic E-state index is 6.01. The van der Waals surface area contributed by atoms with Crippen LogP contribution in [0.4, 0.5) is 0 Å². The lowest BCUT2D eigenvalue weighted by atomic mass is 10.1. The number of nitrogens with one attached hydrogen (secondary N) is 2. The van der Waals surface area contributed by atoms with Gasteiger partial charge in [-0.3, -0.25) is 4.99 Å². The highest BCUT2D eigenvalue weighted by atomic mass is 32.1. The van der Waals surface area contributed by atoms with E-state index >= 15 is 0 Å². The summed E-state index contributed by atoms with van der Waals surface area (Å²) in [5, 5.41) is 8.89. The van der Waals surface area contributed by atoms with Gasteiger partial charge in [-0.05, 0) is 44.1 Å². The molecule has 2 atom stereocenters. The lowest BCUT2D eigenvalue weighted by Crippen LogP contribution is -2.42. The van der Waals surface area contributed by atoms with Crippen LogP contribution in [0.25, 0.3) is 0 Å². The molecule has 5 nitrogen and oxygen atoms in total. The highest BCUT2D eigenvalue weighted by Crippen LogP contribution is 2.27. The summed E-state index contributed by atoms with van der Waals surface area (Å²) in [5.41, 5.74) is 1.28. The van der Waals surface area contributed by atoms with Gasteiger partial charge in [0.1, 0.15) is 11.9 Å². The normalized spacial score (nSPS) is 17.7. The Kier molecular flexibility index (Phi) is 6.52. The number of nitrogens with zero attached hydrogens (tertiary/aromatic N) is 2. The van der Waals surface area contributed by atoms with Crippen molar-refractivity contribution in [1.29, 1.82) is 0 Å². The highest BCUT2D eigenvalue weighted by Gasteiger charge is 2.22. The molecule has 2 N–H and O–H groups in total. The first-order valence-electron chi connectivity index (χ1n) is 9.14. The summed E-state index contributed by atoms with van der Waals surface area (Å²) in [6.45, 7) is 4.38. The third-order valence-electron chi connectivity index (χ3n) is 4.47. The van der Waals surface area contributed by atoms with Gasteiger partial charge >= 0.3 is 0 Å². The number of fused-ring (bicyclic) bond motifs is 1. The van der Waals surface area contributed by atoms with Gasteiger partial charge in [-0.25, -0.2) is 0 Å². The van der Waals surface area contributed by atoms with Crippen molar-refractivity contribution in [1.82, 2.24) is 15.5 Å². The fraction of sp³-hybridized carbons (Fsp3) is 0.450. The van der Waals surface area contributed by atoms with Crippen molar-refractivity contribution in [3.05, 3.63) is 52.2 Å². The predicted octanol–water partition coefficient (Wildman–Crippen LogP) is 2.91. The Labute approximate surface area is 160 Å². The summed E-state index contributed by atoms with van der Waals surface area (Å²) in [7, 11) is 4.20. The van der Waals surface area contributed by atoms with Crippen LogP contribution in [0, 0.1) is 0 Å². The minimum Gasteiger partial charge on any atom is -0.488 e. The maximum Gasteiger partial charge on any atom is 0.191 e. The summed E-state index contributed by atoms with van der Waals surface area (Å²) < 4.78 is 6.01. The Hall–Kier alpha value is -2.05. The first-order valence-corrected chi connectivity index (χ1v) is 10.0. The number of guanidine groups is 1. The van der Waals surface area contributed by atoms with Crippen LogP contribution in [0.3, 0.4) is 0 Å². The molecule has 26 heavy (non-hydrogen) atoms. The average Bonchev–Trinajstić information content (AvgIpc) is 3.28. The standard InChI is InChI=1S/C20H28N4OS/c1-4-21-20(23-14-17(24(2)3)19-10-7-11-26-19)22-13-16-12-15-8-5-6-9-18(15)25-16/h5-11,16-17H,4,12-14H2,1-3H3,(H2,21,22,23). The number of benzene rings is 1. The zero-order valence-corrected chi connectivity index (χ0v) is 16.6. The molecule has 0 saturated carbocycles. The molecule has 0 aliphatic carbocycles. The van der Waals surface area contributed by atoms with Gasteiger partial charge < -0.3 is 20.3 Å². The minimum absolute atomic E-state index is 0.151. The van der Waals surface area contributed by atoms with Gasteiger partial charge in [0.25, 0.3) is 0 Å². The van der Waals surface area contributed by atoms with Crippen LogP contribution in [0.15, 0.2) is 46.8 Å². The monoisotopic (exact) mass is 372 g/mol. The predicted molar refractivity (Wildman–Crippen MR) is 109 cm³/mol. The SMILES string of the molecule is CCNC(=NCC(c1cccs1)N(C)C)NCC1Cc2ccccc2O1. The quantitative estimate of drug-likeness (QED) is 0.580. The van der Waals surface area contributed by atoms with E-state index < -0.39 is 0 Å². The number of rotatable bonds is 7. The molecule has 0 radical (unpaired) electrons. The molecular formula is C20H28N4OS. The van der Waals surface area contributed by atoms with E-state index in [4.69, 9.17) is 9.73 Å². The molecule has 2 heterocycles. The second kappa shape index (κ2) is 9.05. The lowest BCUT2D eigenvalue weighted by molar-refractivity contribution is 0.234. The Morgan fingerprint density at radius 3 is 2.81 bits per heavy atom. The molecule has 1 aliphatic heterocycles. The second-order valence-corrected chi connectivity index (χ2v) is 7.63. The Morgan fingerprint density at radius 1 is 1.27 bits per heavy atom. The molecule has 1 aliphatic rings. The number of aliphatic imine (C=N–C) groups is 1. The Morgan fingerprint density at radius 2 is 2.12 bits per heavy atom. The minimum atomic E-state index is 0.151. The van der Waals surface area contributed by atoms with Gasteiger partial charge in [0, 0.05) is 17.8 Å². The van der Waals surface area contributed by atoms with Gasteiger partial charge in [-0.1, -0.05) is 24.3 Å². The first kappa shape index (κ1) is 18.7. The lowest BCUT2D eigenvalue weighted by Gasteiger charge is -2.22. The van der Waals surface area contributed by atoms with Crippen LogP contribution in [-0.2, 0) is 6.42 Å². The number of thiophene rings is 1. The Bertz CT molecular complexity index is 689. The van der Waals surface area contributed by atoms with E-state index in [-0.39, 0.29) is 12.1 Å². The number of hydrogen-bond acceptors (Lipinski definition) is 4. The fourth-order valence-electron chi connectivity index (χ4n) is 3.09. The van der Waals surface area contributed by atoms with Gasteiger partial charge in [0.05, 0.1) is 19.1 Å². The van der Waals surface area contributed by atoms with E-state index in [0.29, 0.717) is 6.54 Å². The maximum absolute atomic E-state index is 6.01. The van der Waals surface area contributed by atoms with E-state index in [0.717, 1.165) is 31.2 Å². The number of ether oxygens (including phenoxy) is 1. The molecule has 2 aromatic rings. The van der Waals surface area contributed by atoms with E-state index in [2.05, 4.69) is 66.2 Å². The molecule has 0 fully saturated rings. The summed E-state index contributed by atoms with van der Waals surface area (Å²) >= 11 is 1.78. The van der Waals surface area contributed by atoms with Gasteiger partial charge in [-0.15, -0.1) is 11.3 Å². The molecule has 1 aromatic carbocycles. The average molecular weight is 373 g/mol. The number of likely N-dealkylation sites (N-methyl/N-ethyl adjacent to an activating group) is 1. The van der Waals surface area contributed by atoms with Gasteiger partial charge in [0.15, 0.2) is 5.96 Å². The molecule has 2 unspecified atom stereocenters. The molecule has 0 saturated heterocycles. The van der Waals surface area contributed by atoms with Crippen molar-refractivity contribution in [3.8, 4) is 5.75 Å². The van der Waals surface area contributed by atoms with E-state index in [1.54, 1.807) is 11.3 Å². The van der Waals surface area contributed by atoms with Crippen LogP contribution < -0.4 is 15.4 Å². The summed E-state index contributed by atoms with van der Waals surface area (Å²) in [4.78, 5) is 8.36. The molecule has 6 heteroatoms. The molecule has 140 valence electrons. The second-order valence-electron chi connectivity index (χ2n) is 6.65. The molecule has 0 spiro atoms. The molecular weight excluding hydrogens is 344 g/mol. The largest absolute Gasteiger partial charge is 0.488 e. The highest BCUT2D eigenvalue weighted by molar-refractivity contribution is 7.10. The van der Waals surface area contributed by atoms with Crippen LogP contribution in [-0.4, -0.2) is 50.7 Å². The number of para-hydroxylation sites is 1. The van der Waals surface area contributed by atoms with Gasteiger partial charge in [0.2, 0.25) is 0 Å². The van der Waals surface area contributed by atoms with Crippen molar-refractivity contribution in [2.75, 3.05) is 33.7 Å². The molecule has 0 amide bonds. The van der Waals surface area contributed by atoms with Crippen LogP contribution >= 0.6 is 11.3 Å². The fourth-order valence-corrected chi connectivity index (χ4v) is 4.00. The Balaban J connectivity index is 1.57. The zero-order valence-electron chi connectivity index (χ0n) is 15.7. The van der Waals surface area contributed by atoms with Crippen LogP contribution in [0.1, 0.15) is 23.4 Å². The topological polar surface area (TPSA) is 48.9 Å². The summed E-state index contributed by atoms with van der Waals surface area (Å²) in [5.74, 6) is 1.85. The summed E-state index contributed by atoms with van der Waals surface area (Å²) in [6.07, 6.45) is 1.09. The third-order valence-corrected chi connectivity index (χ3v) is 5.45. The molecule has 0 bridgehead atoms.